The van der Waals surface area contributed by atoms with Crippen LogP contribution in [0.4, 0.5) is 0 Å². The minimum atomic E-state index is -3.93. The molecular weight excluding hydrogens is 450 g/mol. The minimum absolute atomic E-state index is 0.00453. The molecule has 1 unspecified atom stereocenters. The van der Waals surface area contributed by atoms with Gasteiger partial charge in [-0.15, -0.1) is 0 Å². The van der Waals surface area contributed by atoms with Gasteiger partial charge in [-0.1, -0.05) is 31.9 Å². The summed E-state index contributed by atoms with van der Waals surface area (Å²) in [4.78, 5) is 12.0. The van der Waals surface area contributed by atoms with E-state index in [1.165, 1.54) is 19.1 Å². The third-order valence-electron chi connectivity index (χ3n) is 2.85. The molecule has 0 bridgehead atoms. The van der Waals surface area contributed by atoms with E-state index in [-0.39, 0.29) is 4.90 Å². The molecule has 0 saturated carbocycles. The molecule has 0 heterocycles. The van der Waals surface area contributed by atoms with Gasteiger partial charge >= 0.3 is 0 Å². The van der Waals surface area contributed by atoms with E-state index in [0.29, 0.717) is 5.75 Å². The van der Waals surface area contributed by atoms with Gasteiger partial charge in [0.2, 0.25) is 0 Å². The Morgan fingerprint density at radius 1 is 1.00 bits per heavy atom. The summed E-state index contributed by atoms with van der Waals surface area (Å²) < 4.78 is 33.3. The van der Waals surface area contributed by atoms with Gasteiger partial charge in [0, 0.05) is 8.95 Å². The lowest BCUT2D eigenvalue weighted by molar-refractivity contribution is -0.125. The monoisotopic (exact) mass is 461 g/mol. The Hall–Kier alpha value is -1.38. The summed E-state index contributed by atoms with van der Waals surface area (Å²) >= 11 is 6.52. The Morgan fingerprint density at radius 2 is 1.48 bits per heavy atom. The summed E-state index contributed by atoms with van der Waals surface area (Å²) in [5.74, 6) is -0.271. The smallest absolute Gasteiger partial charge is 0.274 e. The van der Waals surface area contributed by atoms with Crippen molar-refractivity contribution in [3.05, 3.63) is 57.5 Å². The zero-order chi connectivity index (χ0) is 17.0. The van der Waals surface area contributed by atoms with Crippen LogP contribution >= 0.6 is 31.9 Å². The van der Waals surface area contributed by atoms with Crippen LogP contribution in [0.2, 0.25) is 0 Å². The molecule has 0 fully saturated rings. The van der Waals surface area contributed by atoms with Crippen LogP contribution in [0.1, 0.15) is 6.92 Å². The van der Waals surface area contributed by atoms with Crippen LogP contribution < -0.4 is 9.46 Å². The summed E-state index contributed by atoms with van der Waals surface area (Å²) in [7, 11) is -3.93. The number of ether oxygens (including phenoxy) is 1. The molecule has 0 aliphatic heterocycles. The van der Waals surface area contributed by atoms with Crippen molar-refractivity contribution in [3.8, 4) is 5.75 Å². The summed E-state index contributed by atoms with van der Waals surface area (Å²) in [6.45, 7) is 1.48. The van der Waals surface area contributed by atoms with Gasteiger partial charge in [-0.05, 0) is 55.5 Å². The third-order valence-corrected chi connectivity index (χ3v) is 5.27. The Balaban J connectivity index is 2.05. The molecular formula is C15H13Br2NO4S. The second-order valence-electron chi connectivity index (χ2n) is 4.64. The maximum absolute atomic E-state index is 12.1. The lowest BCUT2D eigenvalue weighted by atomic mass is 10.3. The zero-order valence-corrected chi connectivity index (χ0v) is 16.0. The van der Waals surface area contributed by atoms with Crippen molar-refractivity contribution < 1.29 is 17.9 Å². The lowest BCUT2D eigenvalue weighted by Crippen LogP contribution is -2.39. The predicted octanol–water partition coefficient (Wildman–Crippen LogP) is 3.48. The van der Waals surface area contributed by atoms with Gasteiger partial charge in [0.15, 0.2) is 6.10 Å². The molecule has 2 aromatic carbocycles. The van der Waals surface area contributed by atoms with Crippen LogP contribution in [0.25, 0.3) is 0 Å². The van der Waals surface area contributed by atoms with E-state index >= 15 is 0 Å². The van der Waals surface area contributed by atoms with Gasteiger partial charge in [-0.2, -0.15) is 0 Å². The van der Waals surface area contributed by atoms with Gasteiger partial charge in [0.1, 0.15) is 5.75 Å². The van der Waals surface area contributed by atoms with E-state index in [1.807, 2.05) is 4.72 Å². The van der Waals surface area contributed by atoms with Crippen LogP contribution in [0.5, 0.6) is 5.75 Å². The largest absolute Gasteiger partial charge is 0.481 e. The number of amides is 1. The molecule has 2 aromatic rings. The van der Waals surface area contributed by atoms with Crippen molar-refractivity contribution in [2.24, 2.45) is 0 Å². The van der Waals surface area contributed by atoms with Crippen LogP contribution in [0, 0.1) is 0 Å². The highest BCUT2D eigenvalue weighted by Gasteiger charge is 2.22. The van der Waals surface area contributed by atoms with Crippen LogP contribution in [0.3, 0.4) is 0 Å². The van der Waals surface area contributed by atoms with Crippen molar-refractivity contribution >= 4 is 47.8 Å². The number of benzene rings is 2. The van der Waals surface area contributed by atoms with Gasteiger partial charge in [-0.25, -0.2) is 13.1 Å². The first-order chi connectivity index (χ1) is 10.8. The summed E-state index contributed by atoms with van der Waals surface area (Å²) in [6, 6.07) is 12.9. The van der Waals surface area contributed by atoms with E-state index < -0.39 is 22.0 Å². The van der Waals surface area contributed by atoms with Gasteiger partial charge in [-0.3, -0.25) is 4.79 Å². The van der Waals surface area contributed by atoms with E-state index in [4.69, 9.17) is 4.74 Å². The third kappa shape index (κ3) is 5.05. The second kappa shape index (κ2) is 7.46. The maximum atomic E-state index is 12.1. The average Bonchev–Trinajstić information content (AvgIpc) is 2.49. The summed E-state index contributed by atoms with van der Waals surface area (Å²) in [5, 5.41) is 0. The average molecular weight is 463 g/mol. The standard InChI is InChI=1S/C15H13Br2NO4S/c1-10(22-13-6-2-11(16)3-7-13)15(19)18-23(20,21)14-8-4-12(17)5-9-14/h2-10H,1H3,(H,18,19). The lowest BCUT2D eigenvalue weighted by Gasteiger charge is -2.15. The Labute approximate surface area is 151 Å². The van der Waals surface area contributed by atoms with Crippen LogP contribution in [-0.4, -0.2) is 20.4 Å². The van der Waals surface area contributed by atoms with E-state index in [2.05, 4.69) is 31.9 Å². The molecule has 1 atom stereocenters. The first-order valence-corrected chi connectivity index (χ1v) is 9.59. The highest BCUT2D eigenvalue weighted by molar-refractivity contribution is 9.10. The molecule has 5 nitrogen and oxygen atoms in total. The molecule has 0 aliphatic carbocycles. The summed E-state index contributed by atoms with van der Waals surface area (Å²) in [5.41, 5.74) is 0. The molecule has 0 aliphatic rings. The first-order valence-electron chi connectivity index (χ1n) is 6.52. The number of sulfonamides is 1. The zero-order valence-electron chi connectivity index (χ0n) is 12.0. The van der Waals surface area contributed by atoms with Crippen LogP contribution in [-0.2, 0) is 14.8 Å². The van der Waals surface area contributed by atoms with Gasteiger partial charge in [0.25, 0.3) is 15.9 Å². The molecule has 0 radical (unpaired) electrons. The number of halogens is 2. The number of hydrogen-bond donors (Lipinski definition) is 1. The number of hydrogen-bond acceptors (Lipinski definition) is 4. The molecule has 1 N–H and O–H groups in total. The molecule has 2 rings (SSSR count). The number of carbonyl (C=O) groups is 1. The molecule has 1 amide bonds. The van der Waals surface area contributed by atoms with Gasteiger partial charge in [0.05, 0.1) is 4.90 Å². The van der Waals surface area contributed by atoms with Crippen molar-refractivity contribution in [1.29, 1.82) is 0 Å². The Bertz CT molecular complexity index is 789. The van der Waals surface area contributed by atoms with Crippen molar-refractivity contribution in [1.82, 2.24) is 4.72 Å². The highest BCUT2D eigenvalue weighted by atomic mass is 79.9. The van der Waals surface area contributed by atoms with Gasteiger partial charge < -0.3 is 4.74 Å². The molecule has 23 heavy (non-hydrogen) atoms. The van der Waals surface area contributed by atoms with E-state index in [0.717, 1.165) is 8.95 Å². The highest BCUT2D eigenvalue weighted by Crippen LogP contribution is 2.18. The van der Waals surface area contributed by atoms with Crippen molar-refractivity contribution in [2.45, 2.75) is 17.9 Å². The second-order valence-corrected chi connectivity index (χ2v) is 8.15. The predicted molar refractivity (Wildman–Crippen MR) is 93.7 cm³/mol. The maximum Gasteiger partial charge on any atom is 0.274 e. The number of rotatable bonds is 5. The number of nitrogens with one attached hydrogen (secondary N) is 1. The molecule has 8 heteroatoms. The Morgan fingerprint density at radius 3 is 2.00 bits per heavy atom. The summed E-state index contributed by atoms with van der Waals surface area (Å²) in [6.07, 6.45) is -0.957. The topological polar surface area (TPSA) is 72.5 Å². The minimum Gasteiger partial charge on any atom is -0.481 e. The fourth-order valence-electron chi connectivity index (χ4n) is 1.66. The SMILES string of the molecule is CC(Oc1ccc(Br)cc1)C(=O)NS(=O)(=O)c1ccc(Br)cc1. The molecule has 0 aromatic heterocycles. The fraction of sp³-hybridized carbons (Fsp3) is 0.133. The molecule has 0 saturated heterocycles. The molecule has 122 valence electrons. The fourth-order valence-corrected chi connectivity index (χ4v) is 3.23. The van der Waals surface area contributed by atoms with E-state index in [9.17, 15) is 13.2 Å². The van der Waals surface area contributed by atoms with Crippen LogP contribution in [0.15, 0.2) is 62.4 Å². The Kier molecular flexibility index (Phi) is 5.83. The molecule has 0 spiro atoms. The normalized spacial score (nSPS) is 12.5. The van der Waals surface area contributed by atoms with E-state index in [1.54, 1.807) is 36.4 Å². The van der Waals surface area contributed by atoms with Crippen molar-refractivity contribution in [3.63, 3.8) is 0 Å². The number of carbonyl (C=O) groups excluding carboxylic acids is 1. The quantitative estimate of drug-likeness (QED) is 0.738. The first kappa shape index (κ1) is 18.0. The van der Waals surface area contributed by atoms with Crippen molar-refractivity contribution in [2.75, 3.05) is 0 Å².